The third kappa shape index (κ3) is 5.11. The number of hydrogen-bond acceptors (Lipinski definition) is 5. The van der Waals surface area contributed by atoms with Crippen LogP contribution in [0.15, 0.2) is 30.3 Å². The molecule has 1 atom stereocenters. The first-order valence-corrected chi connectivity index (χ1v) is 8.22. The Kier molecular flexibility index (Phi) is 5.89. The predicted molar refractivity (Wildman–Crippen MR) is 88.4 cm³/mol. The summed E-state index contributed by atoms with van der Waals surface area (Å²) in [5, 5.41) is 22.3. The standard InChI is InChI=1S/C16H21N3O2S/c1-11(2)15-18-19-16(22-15)17-13(8-9-14(20)21)10-12-6-4-3-5-7-12/h3-7,11,13H,8-10H2,1-2H3,(H,17,19)(H,20,21). The highest BCUT2D eigenvalue weighted by Gasteiger charge is 2.15. The number of benzene rings is 1. The van der Waals surface area contributed by atoms with E-state index < -0.39 is 5.97 Å². The third-order valence-corrected chi connectivity index (χ3v) is 4.45. The number of rotatable bonds is 8. The van der Waals surface area contributed by atoms with Crippen LogP contribution < -0.4 is 5.32 Å². The van der Waals surface area contributed by atoms with Crippen LogP contribution in [0.2, 0.25) is 0 Å². The van der Waals surface area contributed by atoms with Gasteiger partial charge in [-0.15, -0.1) is 10.2 Å². The van der Waals surface area contributed by atoms with Gasteiger partial charge < -0.3 is 10.4 Å². The monoisotopic (exact) mass is 319 g/mol. The lowest BCUT2D eigenvalue weighted by molar-refractivity contribution is -0.137. The van der Waals surface area contributed by atoms with Crippen molar-refractivity contribution in [1.82, 2.24) is 10.2 Å². The van der Waals surface area contributed by atoms with E-state index in [0.29, 0.717) is 12.3 Å². The van der Waals surface area contributed by atoms with Crippen molar-refractivity contribution in [1.29, 1.82) is 0 Å². The van der Waals surface area contributed by atoms with E-state index in [-0.39, 0.29) is 12.5 Å². The van der Waals surface area contributed by atoms with Crippen molar-refractivity contribution in [3.05, 3.63) is 40.9 Å². The number of nitrogens with one attached hydrogen (secondary N) is 1. The van der Waals surface area contributed by atoms with Crippen molar-refractivity contribution >= 4 is 22.4 Å². The van der Waals surface area contributed by atoms with Crippen molar-refractivity contribution in [3.8, 4) is 0 Å². The molecular formula is C16H21N3O2S. The Balaban J connectivity index is 2.04. The number of nitrogens with zero attached hydrogens (tertiary/aromatic N) is 2. The Bertz CT molecular complexity index is 598. The largest absolute Gasteiger partial charge is 0.481 e. The summed E-state index contributed by atoms with van der Waals surface area (Å²) in [6.07, 6.45) is 1.46. The van der Waals surface area contributed by atoms with Gasteiger partial charge in [0.1, 0.15) is 5.01 Å². The Labute approximate surface area is 134 Å². The van der Waals surface area contributed by atoms with E-state index in [2.05, 4.69) is 41.5 Å². The van der Waals surface area contributed by atoms with E-state index in [9.17, 15) is 4.79 Å². The average molecular weight is 319 g/mol. The maximum Gasteiger partial charge on any atom is 0.303 e. The highest BCUT2D eigenvalue weighted by atomic mass is 32.1. The molecule has 0 saturated carbocycles. The first-order valence-electron chi connectivity index (χ1n) is 7.40. The SMILES string of the molecule is CC(C)c1nnc(NC(CCC(=O)O)Cc2ccccc2)s1. The zero-order valence-electron chi connectivity index (χ0n) is 12.8. The maximum absolute atomic E-state index is 10.8. The Hall–Kier alpha value is -1.95. The number of hydrogen-bond donors (Lipinski definition) is 2. The van der Waals surface area contributed by atoms with Gasteiger partial charge in [-0.05, 0) is 18.4 Å². The third-order valence-electron chi connectivity index (χ3n) is 3.29. The molecule has 0 radical (unpaired) electrons. The van der Waals surface area contributed by atoms with E-state index in [4.69, 9.17) is 5.11 Å². The first-order chi connectivity index (χ1) is 10.5. The number of aliphatic carboxylic acids is 1. The van der Waals surface area contributed by atoms with Crippen LogP contribution in [0.3, 0.4) is 0 Å². The van der Waals surface area contributed by atoms with E-state index in [1.165, 1.54) is 16.9 Å². The fraction of sp³-hybridized carbons (Fsp3) is 0.438. The lowest BCUT2D eigenvalue weighted by Gasteiger charge is -2.17. The second kappa shape index (κ2) is 7.89. The minimum Gasteiger partial charge on any atom is -0.481 e. The van der Waals surface area contributed by atoms with Crippen molar-refractivity contribution in [3.63, 3.8) is 0 Å². The molecule has 0 fully saturated rings. The first kappa shape index (κ1) is 16.4. The van der Waals surface area contributed by atoms with Crippen LogP contribution in [-0.2, 0) is 11.2 Å². The molecule has 0 spiro atoms. The molecule has 1 unspecified atom stereocenters. The molecule has 6 heteroatoms. The quantitative estimate of drug-likeness (QED) is 0.778. The molecule has 1 aromatic carbocycles. The van der Waals surface area contributed by atoms with Crippen LogP contribution in [0.25, 0.3) is 0 Å². The summed E-state index contributed by atoms with van der Waals surface area (Å²) in [7, 11) is 0. The van der Waals surface area contributed by atoms with Crippen LogP contribution in [0.5, 0.6) is 0 Å². The van der Waals surface area contributed by atoms with Gasteiger partial charge in [0.15, 0.2) is 0 Å². The second-order valence-corrected chi connectivity index (χ2v) is 6.57. The van der Waals surface area contributed by atoms with Crippen LogP contribution in [0.1, 0.15) is 43.2 Å². The van der Waals surface area contributed by atoms with Crippen LogP contribution >= 0.6 is 11.3 Å². The summed E-state index contributed by atoms with van der Waals surface area (Å²) >= 11 is 1.53. The summed E-state index contributed by atoms with van der Waals surface area (Å²) < 4.78 is 0. The van der Waals surface area contributed by atoms with Gasteiger partial charge in [0.2, 0.25) is 5.13 Å². The van der Waals surface area contributed by atoms with Crippen molar-refractivity contribution < 1.29 is 9.90 Å². The molecule has 0 aliphatic carbocycles. The van der Waals surface area contributed by atoms with Crippen LogP contribution in [0.4, 0.5) is 5.13 Å². The lowest BCUT2D eigenvalue weighted by Crippen LogP contribution is -2.23. The molecule has 2 aromatic rings. The molecule has 1 aromatic heterocycles. The lowest BCUT2D eigenvalue weighted by atomic mass is 10.0. The van der Waals surface area contributed by atoms with Crippen molar-refractivity contribution in [2.24, 2.45) is 0 Å². The summed E-state index contributed by atoms with van der Waals surface area (Å²) in [5.41, 5.74) is 1.18. The minimum atomic E-state index is -0.778. The highest BCUT2D eigenvalue weighted by Crippen LogP contribution is 2.24. The molecule has 118 valence electrons. The summed E-state index contributed by atoms with van der Waals surface area (Å²) in [4.78, 5) is 10.8. The van der Waals surface area contributed by atoms with Gasteiger partial charge in [-0.3, -0.25) is 4.79 Å². The molecular weight excluding hydrogens is 298 g/mol. The van der Waals surface area contributed by atoms with Gasteiger partial charge in [0.25, 0.3) is 0 Å². The van der Waals surface area contributed by atoms with Gasteiger partial charge in [-0.1, -0.05) is 55.5 Å². The van der Waals surface area contributed by atoms with Gasteiger partial charge in [-0.2, -0.15) is 0 Å². The van der Waals surface area contributed by atoms with Crippen molar-refractivity contribution in [2.75, 3.05) is 5.32 Å². The van der Waals surface area contributed by atoms with Gasteiger partial charge >= 0.3 is 5.97 Å². The van der Waals surface area contributed by atoms with E-state index in [1.807, 2.05) is 18.2 Å². The van der Waals surface area contributed by atoms with Crippen molar-refractivity contribution in [2.45, 2.75) is 45.1 Å². The molecule has 5 nitrogen and oxygen atoms in total. The predicted octanol–water partition coefficient (Wildman–Crippen LogP) is 3.55. The number of aromatic nitrogens is 2. The fourth-order valence-corrected chi connectivity index (χ4v) is 2.95. The molecule has 0 bridgehead atoms. The number of carboxylic acid groups (broad SMARTS) is 1. The summed E-state index contributed by atoms with van der Waals surface area (Å²) in [5.74, 6) is -0.431. The average Bonchev–Trinajstić information content (AvgIpc) is 2.94. The molecule has 0 saturated heterocycles. The smallest absolute Gasteiger partial charge is 0.303 e. The molecule has 0 aliphatic rings. The zero-order valence-corrected chi connectivity index (χ0v) is 13.6. The molecule has 2 N–H and O–H groups in total. The van der Waals surface area contributed by atoms with Gasteiger partial charge in [-0.25, -0.2) is 0 Å². The topological polar surface area (TPSA) is 75.1 Å². The Morgan fingerprint density at radius 2 is 2.00 bits per heavy atom. The second-order valence-electron chi connectivity index (χ2n) is 5.56. The van der Waals surface area contributed by atoms with Crippen LogP contribution in [-0.4, -0.2) is 27.3 Å². The Morgan fingerprint density at radius 1 is 1.27 bits per heavy atom. The molecule has 0 aliphatic heterocycles. The normalized spacial score (nSPS) is 12.3. The highest BCUT2D eigenvalue weighted by molar-refractivity contribution is 7.15. The van der Waals surface area contributed by atoms with E-state index in [0.717, 1.165) is 16.6 Å². The molecule has 1 heterocycles. The van der Waals surface area contributed by atoms with E-state index >= 15 is 0 Å². The van der Waals surface area contributed by atoms with Crippen LogP contribution in [0, 0.1) is 0 Å². The number of carbonyl (C=O) groups is 1. The maximum atomic E-state index is 10.8. The van der Waals surface area contributed by atoms with Gasteiger partial charge in [0.05, 0.1) is 0 Å². The van der Waals surface area contributed by atoms with Gasteiger partial charge in [0, 0.05) is 18.4 Å². The fourth-order valence-electron chi connectivity index (χ4n) is 2.12. The zero-order chi connectivity index (χ0) is 15.9. The molecule has 2 rings (SSSR count). The number of anilines is 1. The summed E-state index contributed by atoms with van der Waals surface area (Å²) in [6.45, 7) is 4.16. The molecule has 22 heavy (non-hydrogen) atoms. The Morgan fingerprint density at radius 3 is 2.59 bits per heavy atom. The minimum absolute atomic E-state index is 0.0338. The summed E-state index contributed by atoms with van der Waals surface area (Å²) in [6, 6.07) is 10.1. The van der Waals surface area contributed by atoms with E-state index in [1.54, 1.807) is 0 Å². The number of carboxylic acids is 1. The molecule has 0 amide bonds.